The Labute approximate surface area is 108 Å². The molecule has 4 unspecified atom stereocenters. The Morgan fingerprint density at radius 1 is 1.06 bits per heavy atom. The normalized spacial score (nSPS) is 36.7. The van der Waals surface area contributed by atoms with Crippen molar-refractivity contribution < 1.29 is 14.7 Å². The highest BCUT2D eigenvalue weighted by atomic mass is 16.4. The van der Waals surface area contributed by atoms with Gasteiger partial charge in [0.15, 0.2) is 0 Å². The number of hydrogen-bond acceptors (Lipinski definition) is 2. The zero-order chi connectivity index (χ0) is 13.3. The van der Waals surface area contributed by atoms with Gasteiger partial charge in [0.2, 0.25) is 5.91 Å². The van der Waals surface area contributed by atoms with Gasteiger partial charge in [-0.15, -0.1) is 0 Å². The zero-order valence-electron chi connectivity index (χ0n) is 11.3. The maximum absolute atomic E-state index is 12.5. The monoisotopic (exact) mass is 253 g/mol. The first-order valence-corrected chi connectivity index (χ1v) is 7.02. The molecule has 1 saturated carbocycles. The molecule has 0 aromatic carbocycles. The fourth-order valence-corrected chi connectivity index (χ4v) is 3.26. The van der Waals surface area contributed by atoms with Crippen LogP contribution in [-0.4, -0.2) is 34.5 Å². The van der Waals surface area contributed by atoms with Gasteiger partial charge in [-0.2, -0.15) is 0 Å². The van der Waals surface area contributed by atoms with Gasteiger partial charge in [0.25, 0.3) is 0 Å². The van der Waals surface area contributed by atoms with E-state index in [0.717, 1.165) is 19.4 Å². The number of carbonyl (C=O) groups excluding carboxylic acids is 1. The van der Waals surface area contributed by atoms with Crippen LogP contribution in [0.3, 0.4) is 0 Å². The van der Waals surface area contributed by atoms with Gasteiger partial charge < -0.3 is 10.0 Å². The van der Waals surface area contributed by atoms with Crippen LogP contribution in [0.5, 0.6) is 0 Å². The lowest BCUT2D eigenvalue weighted by molar-refractivity contribution is -0.142. The second kappa shape index (κ2) is 5.29. The number of aliphatic carboxylic acids is 1. The Bertz CT molecular complexity index is 342. The molecule has 0 aromatic heterocycles. The average molecular weight is 253 g/mol. The minimum atomic E-state index is -0.745. The van der Waals surface area contributed by atoms with Crippen LogP contribution in [0.25, 0.3) is 0 Å². The number of amides is 1. The molecule has 4 nitrogen and oxygen atoms in total. The first kappa shape index (κ1) is 13.4. The lowest BCUT2D eigenvalue weighted by Crippen LogP contribution is -2.47. The smallest absolute Gasteiger partial charge is 0.306 e. The molecule has 0 radical (unpaired) electrons. The fraction of sp³-hybridized carbons (Fsp3) is 0.857. The minimum Gasteiger partial charge on any atom is -0.481 e. The third-order valence-electron chi connectivity index (χ3n) is 4.53. The molecule has 18 heavy (non-hydrogen) atoms. The lowest BCUT2D eigenvalue weighted by atomic mass is 9.93. The van der Waals surface area contributed by atoms with Gasteiger partial charge in [0.1, 0.15) is 0 Å². The van der Waals surface area contributed by atoms with Gasteiger partial charge in [-0.1, -0.05) is 6.92 Å². The van der Waals surface area contributed by atoms with Crippen molar-refractivity contribution in [2.24, 2.45) is 17.8 Å². The van der Waals surface area contributed by atoms with Crippen LogP contribution in [0.4, 0.5) is 0 Å². The van der Waals surface area contributed by atoms with Gasteiger partial charge >= 0.3 is 5.97 Å². The van der Waals surface area contributed by atoms with Gasteiger partial charge in [-0.25, -0.2) is 0 Å². The number of nitrogens with zero attached hydrogens (tertiary/aromatic N) is 1. The van der Waals surface area contributed by atoms with E-state index in [9.17, 15) is 9.59 Å². The maximum atomic E-state index is 12.5. The maximum Gasteiger partial charge on any atom is 0.306 e. The van der Waals surface area contributed by atoms with E-state index in [-0.39, 0.29) is 17.7 Å². The molecule has 0 bridgehead atoms. The molecule has 1 saturated heterocycles. The molecule has 1 aliphatic carbocycles. The number of carbonyl (C=O) groups is 2. The second-order valence-corrected chi connectivity index (χ2v) is 6.07. The summed E-state index contributed by atoms with van der Waals surface area (Å²) in [7, 11) is 0. The molecule has 1 amide bonds. The van der Waals surface area contributed by atoms with Crippen molar-refractivity contribution in [2.45, 2.75) is 52.0 Å². The van der Waals surface area contributed by atoms with E-state index >= 15 is 0 Å². The van der Waals surface area contributed by atoms with Crippen LogP contribution in [0.1, 0.15) is 46.0 Å². The van der Waals surface area contributed by atoms with E-state index in [4.69, 9.17) is 5.11 Å². The van der Waals surface area contributed by atoms with Crippen LogP contribution in [0, 0.1) is 17.8 Å². The van der Waals surface area contributed by atoms with Crippen LogP contribution in [0.2, 0.25) is 0 Å². The minimum absolute atomic E-state index is 0.0566. The molecule has 0 aromatic rings. The fourth-order valence-electron chi connectivity index (χ4n) is 3.26. The Kier molecular flexibility index (Phi) is 3.93. The van der Waals surface area contributed by atoms with E-state index in [1.807, 2.05) is 4.90 Å². The standard InChI is InChI=1S/C14H23NO3/c1-9-3-4-10(2)15(8-9)13(16)11-5-6-12(7-11)14(17)18/h9-12H,3-8H2,1-2H3,(H,17,18). The molecule has 1 heterocycles. The van der Waals surface area contributed by atoms with Crippen molar-refractivity contribution in [3.63, 3.8) is 0 Å². The highest BCUT2D eigenvalue weighted by Gasteiger charge is 2.38. The number of hydrogen-bond donors (Lipinski definition) is 1. The summed E-state index contributed by atoms with van der Waals surface area (Å²) in [4.78, 5) is 25.4. The number of rotatable bonds is 2. The molecular weight excluding hydrogens is 230 g/mol. The van der Waals surface area contributed by atoms with Crippen molar-refractivity contribution >= 4 is 11.9 Å². The first-order valence-electron chi connectivity index (χ1n) is 7.02. The van der Waals surface area contributed by atoms with Gasteiger partial charge in [-0.3, -0.25) is 9.59 Å². The molecule has 2 rings (SSSR count). The third-order valence-corrected chi connectivity index (χ3v) is 4.53. The van der Waals surface area contributed by atoms with E-state index < -0.39 is 5.97 Å². The quantitative estimate of drug-likeness (QED) is 0.820. The summed E-state index contributed by atoms with van der Waals surface area (Å²) in [5, 5.41) is 8.99. The van der Waals surface area contributed by atoms with Gasteiger partial charge in [-0.05, 0) is 44.9 Å². The summed E-state index contributed by atoms with van der Waals surface area (Å²) in [6.45, 7) is 5.13. The molecule has 2 fully saturated rings. The summed E-state index contributed by atoms with van der Waals surface area (Å²) in [6, 6.07) is 0.317. The van der Waals surface area contributed by atoms with Crippen LogP contribution in [0.15, 0.2) is 0 Å². The number of likely N-dealkylation sites (tertiary alicyclic amines) is 1. The summed E-state index contributed by atoms with van der Waals surface area (Å²) in [5.74, 6) is -0.347. The topological polar surface area (TPSA) is 57.6 Å². The van der Waals surface area contributed by atoms with E-state index in [1.165, 1.54) is 6.42 Å². The molecule has 0 spiro atoms. The van der Waals surface area contributed by atoms with E-state index in [1.54, 1.807) is 0 Å². The van der Waals surface area contributed by atoms with Crippen molar-refractivity contribution in [3.05, 3.63) is 0 Å². The van der Waals surface area contributed by atoms with Crippen molar-refractivity contribution in [3.8, 4) is 0 Å². The Balaban J connectivity index is 1.97. The van der Waals surface area contributed by atoms with Crippen molar-refractivity contribution in [1.82, 2.24) is 4.90 Å². The third kappa shape index (κ3) is 2.68. The number of carboxylic acid groups (broad SMARTS) is 1. The first-order chi connectivity index (χ1) is 8.49. The van der Waals surface area contributed by atoms with Gasteiger partial charge in [0, 0.05) is 18.5 Å². The predicted molar refractivity (Wildman–Crippen MR) is 68.0 cm³/mol. The SMILES string of the molecule is CC1CCC(C)N(C(=O)C2CCC(C(=O)O)C2)C1. The summed E-state index contributed by atoms with van der Waals surface area (Å²) >= 11 is 0. The Hall–Kier alpha value is -1.06. The molecule has 2 aliphatic rings. The second-order valence-electron chi connectivity index (χ2n) is 6.07. The largest absolute Gasteiger partial charge is 0.481 e. The molecule has 102 valence electrons. The highest BCUT2D eigenvalue weighted by Crippen LogP contribution is 2.34. The van der Waals surface area contributed by atoms with Crippen LogP contribution >= 0.6 is 0 Å². The van der Waals surface area contributed by atoms with E-state index in [2.05, 4.69) is 13.8 Å². The molecular formula is C14H23NO3. The van der Waals surface area contributed by atoms with E-state index in [0.29, 0.717) is 24.8 Å². The zero-order valence-corrected chi connectivity index (χ0v) is 11.3. The highest BCUT2D eigenvalue weighted by molar-refractivity contribution is 5.81. The Morgan fingerprint density at radius 3 is 2.33 bits per heavy atom. The lowest BCUT2D eigenvalue weighted by Gasteiger charge is -2.38. The molecule has 4 atom stereocenters. The summed E-state index contributed by atoms with van der Waals surface area (Å²) in [6.07, 6.45) is 4.19. The number of carboxylic acids is 1. The number of piperidine rings is 1. The van der Waals surface area contributed by atoms with Crippen LogP contribution in [-0.2, 0) is 9.59 Å². The molecule has 4 heteroatoms. The summed E-state index contributed by atoms with van der Waals surface area (Å²) in [5.41, 5.74) is 0. The van der Waals surface area contributed by atoms with Crippen molar-refractivity contribution in [1.29, 1.82) is 0 Å². The predicted octanol–water partition coefficient (Wildman–Crippen LogP) is 2.13. The molecule has 1 aliphatic heterocycles. The molecule has 1 N–H and O–H groups in total. The summed E-state index contributed by atoms with van der Waals surface area (Å²) < 4.78 is 0. The van der Waals surface area contributed by atoms with Crippen molar-refractivity contribution in [2.75, 3.05) is 6.54 Å². The van der Waals surface area contributed by atoms with Gasteiger partial charge in [0.05, 0.1) is 5.92 Å². The average Bonchev–Trinajstić information content (AvgIpc) is 2.81. The Morgan fingerprint density at radius 2 is 1.72 bits per heavy atom. The van der Waals surface area contributed by atoms with Crippen LogP contribution < -0.4 is 0 Å².